The number of hydrogen-bond acceptors (Lipinski definition) is 4. The third kappa shape index (κ3) is 1.74. The smallest absolute Gasteiger partial charge is 0.316 e. The van der Waals surface area contributed by atoms with Gasteiger partial charge in [-0.15, -0.1) is 0 Å². The van der Waals surface area contributed by atoms with E-state index in [1.54, 1.807) is 7.11 Å². The summed E-state index contributed by atoms with van der Waals surface area (Å²) in [7, 11) is 1.64. The third-order valence-corrected chi connectivity index (χ3v) is 1.91. The molecule has 0 aliphatic carbocycles. The fraction of sp³-hybridized carbons (Fsp3) is 0.200. The summed E-state index contributed by atoms with van der Waals surface area (Å²) in [6.45, 7) is 0. The molecule has 1 aromatic carbocycles. The number of para-hydroxylation sites is 1. The fourth-order valence-electron chi connectivity index (χ4n) is 1.26. The fourth-order valence-corrected chi connectivity index (χ4v) is 1.26. The first kappa shape index (κ1) is 8.74. The van der Waals surface area contributed by atoms with Crippen molar-refractivity contribution >= 4 is 0 Å². The van der Waals surface area contributed by atoms with Crippen LogP contribution in [0.15, 0.2) is 28.8 Å². The van der Waals surface area contributed by atoms with Crippen molar-refractivity contribution in [3.63, 3.8) is 0 Å². The summed E-state index contributed by atoms with van der Waals surface area (Å²) in [5.41, 5.74) is 1.03. The second-order valence-electron chi connectivity index (χ2n) is 2.79. The molecule has 0 bridgehead atoms. The number of ether oxygens (including phenoxy) is 1. The molecule has 4 nitrogen and oxygen atoms in total. The highest BCUT2D eigenvalue weighted by Crippen LogP contribution is 2.19. The maximum absolute atomic E-state index is 5.20. The maximum atomic E-state index is 5.20. The Bertz CT molecular complexity index is 398. The molecule has 14 heavy (non-hydrogen) atoms. The van der Waals surface area contributed by atoms with Gasteiger partial charge in [0.2, 0.25) is 0 Å². The predicted octanol–water partition coefficient (Wildman–Crippen LogP) is 1.47. The van der Waals surface area contributed by atoms with Crippen LogP contribution in [0, 0.1) is 6.39 Å². The normalized spacial score (nSPS) is 10.1. The van der Waals surface area contributed by atoms with Crippen LogP contribution in [0.2, 0.25) is 0 Å². The van der Waals surface area contributed by atoms with Crippen molar-refractivity contribution in [2.75, 3.05) is 7.11 Å². The molecule has 2 rings (SSSR count). The predicted molar refractivity (Wildman–Crippen MR) is 48.9 cm³/mol. The lowest BCUT2D eigenvalue weighted by Gasteiger charge is -2.04. The van der Waals surface area contributed by atoms with Gasteiger partial charge in [0.15, 0.2) is 5.82 Å². The van der Waals surface area contributed by atoms with Gasteiger partial charge in [0.25, 0.3) is 0 Å². The molecule has 0 fully saturated rings. The van der Waals surface area contributed by atoms with Crippen LogP contribution < -0.4 is 4.74 Å². The minimum atomic E-state index is 0.594. The summed E-state index contributed by atoms with van der Waals surface area (Å²) in [6, 6.07) is 7.74. The number of methoxy groups -OCH3 is 1. The first-order chi connectivity index (χ1) is 6.90. The molecule has 2 aromatic rings. The van der Waals surface area contributed by atoms with E-state index in [-0.39, 0.29) is 0 Å². The maximum Gasteiger partial charge on any atom is 0.316 e. The number of nitrogens with zero attached hydrogens (tertiary/aromatic N) is 2. The minimum Gasteiger partial charge on any atom is -0.496 e. The van der Waals surface area contributed by atoms with Crippen molar-refractivity contribution in [1.82, 2.24) is 10.1 Å². The lowest BCUT2D eigenvalue weighted by Crippen LogP contribution is -1.94. The Hall–Kier alpha value is -1.84. The first-order valence-electron chi connectivity index (χ1n) is 4.20. The molecule has 0 atom stereocenters. The van der Waals surface area contributed by atoms with E-state index in [1.807, 2.05) is 24.3 Å². The Morgan fingerprint density at radius 2 is 2.29 bits per heavy atom. The Morgan fingerprint density at radius 1 is 1.43 bits per heavy atom. The van der Waals surface area contributed by atoms with Crippen LogP contribution in [0.4, 0.5) is 0 Å². The zero-order valence-corrected chi connectivity index (χ0v) is 7.73. The van der Waals surface area contributed by atoms with Crippen molar-refractivity contribution in [2.24, 2.45) is 0 Å². The van der Waals surface area contributed by atoms with Crippen LogP contribution in [0.25, 0.3) is 0 Å². The van der Waals surface area contributed by atoms with Crippen molar-refractivity contribution in [1.29, 1.82) is 0 Å². The average molecular weight is 189 g/mol. The van der Waals surface area contributed by atoms with E-state index in [0.717, 1.165) is 11.3 Å². The van der Waals surface area contributed by atoms with E-state index < -0.39 is 0 Å². The van der Waals surface area contributed by atoms with E-state index in [9.17, 15) is 0 Å². The highest BCUT2D eigenvalue weighted by atomic mass is 16.5. The molecule has 1 aromatic heterocycles. The number of rotatable bonds is 3. The van der Waals surface area contributed by atoms with Gasteiger partial charge in [-0.25, -0.2) is 0 Å². The van der Waals surface area contributed by atoms with Gasteiger partial charge < -0.3 is 9.26 Å². The largest absolute Gasteiger partial charge is 0.496 e. The van der Waals surface area contributed by atoms with Gasteiger partial charge in [0.1, 0.15) is 5.75 Å². The molecule has 0 unspecified atom stereocenters. The number of aromatic nitrogens is 2. The lowest BCUT2D eigenvalue weighted by molar-refractivity contribution is 0.400. The molecule has 0 aliphatic rings. The van der Waals surface area contributed by atoms with Gasteiger partial charge in [-0.3, -0.25) is 0 Å². The van der Waals surface area contributed by atoms with E-state index in [0.29, 0.717) is 12.2 Å². The molecule has 0 amide bonds. The molecule has 1 heterocycles. The summed E-state index contributed by atoms with van der Waals surface area (Å²) in [5.74, 6) is 1.44. The second-order valence-corrected chi connectivity index (χ2v) is 2.79. The Labute approximate surface area is 81.5 Å². The van der Waals surface area contributed by atoms with E-state index in [1.165, 1.54) is 0 Å². The van der Waals surface area contributed by atoms with Crippen LogP contribution in [0.5, 0.6) is 5.75 Å². The zero-order chi connectivity index (χ0) is 9.80. The molecule has 0 N–H and O–H groups in total. The molecule has 0 spiro atoms. The summed E-state index contributed by atoms with van der Waals surface area (Å²) in [6.07, 6.45) is 2.90. The van der Waals surface area contributed by atoms with E-state index >= 15 is 0 Å². The number of hydrogen-bond donors (Lipinski definition) is 0. The average Bonchev–Trinajstić information content (AvgIpc) is 2.71. The summed E-state index contributed by atoms with van der Waals surface area (Å²) in [5, 5.41) is 3.69. The molecule has 0 saturated heterocycles. The molecule has 0 aliphatic heterocycles. The molecular formula is C10H9N2O2. The van der Waals surface area contributed by atoms with E-state index in [4.69, 9.17) is 4.74 Å². The van der Waals surface area contributed by atoms with Crippen LogP contribution >= 0.6 is 0 Å². The van der Waals surface area contributed by atoms with Crippen molar-refractivity contribution in [3.05, 3.63) is 42.0 Å². The summed E-state index contributed by atoms with van der Waals surface area (Å²) >= 11 is 0. The van der Waals surface area contributed by atoms with Gasteiger partial charge in [0.05, 0.1) is 7.11 Å². The van der Waals surface area contributed by atoms with Crippen molar-refractivity contribution in [3.8, 4) is 5.75 Å². The minimum absolute atomic E-state index is 0.594. The monoisotopic (exact) mass is 189 g/mol. The molecule has 4 heteroatoms. The molecular weight excluding hydrogens is 180 g/mol. The Balaban J connectivity index is 2.24. The lowest BCUT2D eigenvalue weighted by atomic mass is 10.1. The van der Waals surface area contributed by atoms with Crippen LogP contribution in [-0.2, 0) is 6.42 Å². The van der Waals surface area contributed by atoms with Crippen molar-refractivity contribution < 1.29 is 9.26 Å². The second kappa shape index (κ2) is 3.91. The molecule has 1 radical (unpaired) electrons. The summed E-state index contributed by atoms with van der Waals surface area (Å²) < 4.78 is 9.73. The summed E-state index contributed by atoms with van der Waals surface area (Å²) in [4.78, 5) is 3.83. The third-order valence-electron chi connectivity index (χ3n) is 1.91. The van der Waals surface area contributed by atoms with Gasteiger partial charge >= 0.3 is 6.39 Å². The van der Waals surface area contributed by atoms with Gasteiger partial charge in [-0.05, 0) is 6.07 Å². The van der Waals surface area contributed by atoms with Gasteiger partial charge in [-0.2, -0.15) is 4.98 Å². The standard InChI is InChI=1S/C10H9N2O2/c1-13-9-5-3-2-4-8(9)6-10-11-7-14-12-10/h2-5H,6H2,1H3. The Kier molecular flexibility index (Phi) is 2.44. The Morgan fingerprint density at radius 3 is 3.00 bits per heavy atom. The first-order valence-corrected chi connectivity index (χ1v) is 4.20. The van der Waals surface area contributed by atoms with Crippen LogP contribution in [0.3, 0.4) is 0 Å². The topological polar surface area (TPSA) is 48.2 Å². The van der Waals surface area contributed by atoms with Gasteiger partial charge in [0, 0.05) is 12.0 Å². The number of benzene rings is 1. The van der Waals surface area contributed by atoms with Crippen molar-refractivity contribution in [2.45, 2.75) is 6.42 Å². The molecule has 0 saturated carbocycles. The van der Waals surface area contributed by atoms with Crippen LogP contribution in [0.1, 0.15) is 11.4 Å². The quantitative estimate of drug-likeness (QED) is 0.733. The SMILES string of the molecule is COc1ccccc1Cc1n[c]on1. The van der Waals surface area contributed by atoms with E-state index in [2.05, 4.69) is 21.1 Å². The molecule has 71 valence electrons. The highest BCUT2D eigenvalue weighted by Gasteiger charge is 2.05. The highest BCUT2D eigenvalue weighted by molar-refractivity contribution is 5.34. The van der Waals surface area contributed by atoms with Crippen LogP contribution in [-0.4, -0.2) is 17.3 Å². The zero-order valence-electron chi connectivity index (χ0n) is 7.73. The van der Waals surface area contributed by atoms with Gasteiger partial charge in [-0.1, -0.05) is 23.4 Å².